The van der Waals surface area contributed by atoms with E-state index in [1.807, 2.05) is 4.57 Å². The highest BCUT2D eigenvalue weighted by Crippen LogP contribution is 2.17. The smallest absolute Gasteiger partial charge is 0.243 e. The summed E-state index contributed by atoms with van der Waals surface area (Å²) in [6, 6.07) is 0.451. The zero-order chi connectivity index (χ0) is 17.4. The predicted molar refractivity (Wildman–Crippen MR) is 109 cm³/mol. The van der Waals surface area contributed by atoms with Crippen LogP contribution in [0.2, 0.25) is 0 Å². The molecule has 0 radical (unpaired) electrons. The molecule has 1 fully saturated rings. The number of aliphatic imine (C=N–C) groups is 1. The van der Waals surface area contributed by atoms with E-state index in [-0.39, 0.29) is 36.4 Å². The van der Waals surface area contributed by atoms with Gasteiger partial charge in [0.15, 0.2) is 5.96 Å². The average Bonchev–Trinajstić information content (AvgIpc) is 3.23. The summed E-state index contributed by atoms with van der Waals surface area (Å²) in [5, 5.41) is 14.8. The largest absolute Gasteiger partial charge is 0.355 e. The molecule has 0 spiro atoms. The summed E-state index contributed by atoms with van der Waals surface area (Å²) in [5.41, 5.74) is 0. The number of aryl methyl sites for hydroxylation is 1. The maximum atomic E-state index is 11.8. The van der Waals surface area contributed by atoms with Crippen LogP contribution in [0, 0.1) is 0 Å². The number of hydrogen-bond acceptors (Lipinski definition) is 4. The molecule has 25 heavy (non-hydrogen) atoms. The fourth-order valence-electron chi connectivity index (χ4n) is 2.74. The van der Waals surface area contributed by atoms with Crippen LogP contribution in [0.1, 0.15) is 38.4 Å². The zero-order valence-electron chi connectivity index (χ0n) is 15.4. The SMILES string of the molecule is CCc1nncn1CCNC(=NCC(=O)N(C)C)NC1CCCC1.I. The van der Waals surface area contributed by atoms with Crippen molar-refractivity contribution in [2.45, 2.75) is 51.6 Å². The van der Waals surface area contributed by atoms with E-state index in [1.54, 1.807) is 25.3 Å². The van der Waals surface area contributed by atoms with Gasteiger partial charge in [-0.25, -0.2) is 4.99 Å². The Labute approximate surface area is 166 Å². The lowest BCUT2D eigenvalue weighted by Gasteiger charge is -2.18. The summed E-state index contributed by atoms with van der Waals surface area (Å²) in [7, 11) is 3.49. The van der Waals surface area contributed by atoms with E-state index in [0.717, 1.165) is 31.6 Å². The molecule has 9 heteroatoms. The van der Waals surface area contributed by atoms with Crippen LogP contribution in [0.3, 0.4) is 0 Å². The molecule has 0 aromatic carbocycles. The van der Waals surface area contributed by atoms with Crippen molar-refractivity contribution in [3.63, 3.8) is 0 Å². The zero-order valence-corrected chi connectivity index (χ0v) is 17.7. The first kappa shape index (κ1) is 21.7. The third-order valence-corrected chi connectivity index (χ3v) is 4.22. The molecule has 1 amide bonds. The van der Waals surface area contributed by atoms with E-state index < -0.39 is 0 Å². The maximum Gasteiger partial charge on any atom is 0.243 e. The van der Waals surface area contributed by atoms with E-state index in [4.69, 9.17) is 0 Å². The van der Waals surface area contributed by atoms with Gasteiger partial charge >= 0.3 is 0 Å². The van der Waals surface area contributed by atoms with Gasteiger partial charge in [0.1, 0.15) is 18.7 Å². The van der Waals surface area contributed by atoms with Gasteiger partial charge in [0.25, 0.3) is 0 Å². The normalized spacial score (nSPS) is 14.9. The Kier molecular flexibility index (Phi) is 9.76. The van der Waals surface area contributed by atoms with E-state index in [9.17, 15) is 4.79 Å². The second-order valence-electron chi connectivity index (χ2n) is 6.30. The molecule has 8 nitrogen and oxygen atoms in total. The molecule has 1 saturated carbocycles. The van der Waals surface area contributed by atoms with Crippen LogP contribution in [-0.2, 0) is 17.8 Å². The summed E-state index contributed by atoms with van der Waals surface area (Å²) in [6.45, 7) is 3.69. The van der Waals surface area contributed by atoms with Crippen molar-refractivity contribution >= 4 is 35.8 Å². The number of aromatic nitrogens is 3. The van der Waals surface area contributed by atoms with Gasteiger partial charge in [0.05, 0.1) is 0 Å². The van der Waals surface area contributed by atoms with E-state index in [1.165, 1.54) is 12.8 Å². The van der Waals surface area contributed by atoms with E-state index in [2.05, 4.69) is 32.7 Å². The number of hydrogen-bond donors (Lipinski definition) is 2. The van der Waals surface area contributed by atoms with Crippen molar-refractivity contribution in [3.8, 4) is 0 Å². The monoisotopic (exact) mass is 463 g/mol. The van der Waals surface area contributed by atoms with Crippen molar-refractivity contribution in [2.24, 2.45) is 4.99 Å². The molecule has 0 aliphatic heterocycles. The van der Waals surface area contributed by atoms with Gasteiger partial charge in [-0.05, 0) is 12.8 Å². The van der Waals surface area contributed by atoms with Crippen LogP contribution in [-0.4, -0.2) is 64.8 Å². The third-order valence-electron chi connectivity index (χ3n) is 4.22. The van der Waals surface area contributed by atoms with Crippen molar-refractivity contribution < 1.29 is 4.79 Å². The molecular weight excluding hydrogens is 433 g/mol. The first-order valence-corrected chi connectivity index (χ1v) is 8.71. The lowest BCUT2D eigenvalue weighted by Crippen LogP contribution is -2.44. The highest BCUT2D eigenvalue weighted by molar-refractivity contribution is 14.0. The highest BCUT2D eigenvalue weighted by atomic mass is 127. The number of likely N-dealkylation sites (N-methyl/N-ethyl adjacent to an activating group) is 1. The summed E-state index contributed by atoms with van der Waals surface area (Å²) in [4.78, 5) is 17.8. The van der Waals surface area contributed by atoms with Crippen molar-refractivity contribution in [3.05, 3.63) is 12.2 Å². The Bertz CT molecular complexity index is 552. The van der Waals surface area contributed by atoms with Gasteiger partial charge in [-0.15, -0.1) is 34.2 Å². The number of nitrogens with one attached hydrogen (secondary N) is 2. The Morgan fingerprint density at radius 1 is 1.40 bits per heavy atom. The molecule has 0 atom stereocenters. The number of guanidine groups is 1. The van der Waals surface area contributed by atoms with Gasteiger partial charge in [0, 0.05) is 39.6 Å². The average molecular weight is 463 g/mol. The number of rotatable bonds is 7. The first-order valence-electron chi connectivity index (χ1n) is 8.71. The topological polar surface area (TPSA) is 87.4 Å². The van der Waals surface area contributed by atoms with E-state index in [0.29, 0.717) is 18.5 Å². The Balaban J connectivity index is 0.00000312. The molecule has 1 heterocycles. The fraction of sp³-hybridized carbons (Fsp3) is 0.750. The number of amides is 1. The number of halogens is 1. The Hall–Kier alpha value is -1.39. The Morgan fingerprint density at radius 3 is 2.76 bits per heavy atom. The van der Waals surface area contributed by atoms with Crippen LogP contribution in [0.15, 0.2) is 11.3 Å². The quantitative estimate of drug-likeness (QED) is 0.358. The van der Waals surface area contributed by atoms with Crippen molar-refractivity contribution in [2.75, 3.05) is 27.2 Å². The molecule has 1 aromatic heterocycles. The van der Waals surface area contributed by atoms with Crippen LogP contribution in [0.5, 0.6) is 0 Å². The summed E-state index contributed by atoms with van der Waals surface area (Å²) in [5.74, 6) is 1.68. The summed E-state index contributed by atoms with van der Waals surface area (Å²) < 4.78 is 2.03. The minimum Gasteiger partial charge on any atom is -0.355 e. The fourth-order valence-corrected chi connectivity index (χ4v) is 2.74. The number of carbonyl (C=O) groups is 1. The molecule has 2 N–H and O–H groups in total. The minimum absolute atomic E-state index is 0. The summed E-state index contributed by atoms with van der Waals surface area (Å²) >= 11 is 0. The molecule has 1 aromatic rings. The van der Waals surface area contributed by atoms with Gasteiger partial charge in [0.2, 0.25) is 5.91 Å². The van der Waals surface area contributed by atoms with E-state index >= 15 is 0 Å². The third kappa shape index (κ3) is 7.17. The lowest BCUT2D eigenvalue weighted by molar-refractivity contribution is -0.127. The second kappa shape index (κ2) is 11.3. The summed E-state index contributed by atoms with van der Waals surface area (Å²) in [6.07, 6.45) is 7.43. The number of carbonyl (C=O) groups excluding carboxylic acids is 1. The highest BCUT2D eigenvalue weighted by Gasteiger charge is 2.16. The lowest BCUT2D eigenvalue weighted by atomic mass is 10.2. The van der Waals surface area contributed by atoms with Crippen LogP contribution in [0.25, 0.3) is 0 Å². The predicted octanol–water partition coefficient (Wildman–Crippen LogP) is 1.02. The molecule has 0 saturated heterocycles. The van der Waals surface area contributed by atoms with Gasteiger partial charge in [-0.3, -0.25) is 4.79 Å². The standard InChI is InChI=1S/C16H29N7O.HI/c1-4-14-21-19-12-23(14)10-9-17-16(18-11-15(24)22(2)3)20-13-7-5-6-8-13;/h12-13H,4-11H2,1-3H3,(H2,17,18,20);1H. The van der Waals surface area contributed by atoms with Gasteiger partial charge < -0.3 is 20.1 Å². The minimum atomic E-state index is -0.00500. The molecule has 1 aliphatic carbocycles. The van der Waals surface area contributed by atoms with Crippen molar-refractivity contribution in [1.82, 2.24) is 30.3 Å². The molecule has 0 bridgehead atoms. The van der Waals surface area contributed by atoms with Crippen LogP contribution >= 0.6 is 24.0 Å². The van der Waals surface area contributed by atoms with Crippen LogP contribution in [0.4, 0.5) is 0 Å². The van der Waals surface area contributed by atoms with Crippen molar-refractivity contribution in [1.29, 1.82) is 0 Å². The molecule has 1 aliphatic rings. The molecular formula is C16H30IN7O. The second-order valence-corrected chi connectivity index (χ2v) is 6.30. The Morgan fingerprint density at radius 2 is 2.12 bits per heavy atom. The first-order chi connectivity index (χ1) is 11.6. The van der Waals surface area contributed by atoms with Gasteiger partial charge in [-0.1, -0.05) is 19.8 Å². The maximum absolute atomic E-state index is 11.8. The molecule has 142 valence electrons. The van der Waals surface area contributed by atoms with Gasteiger partial charge in [-0.2, -0.15) is 0 Å². The molecule has 0 unspecified atom stereocenters. The van der Waals surface area contributed by atoms with Crippen LogP contribution < -0.4 is 10.6 Å². The molecule has 2 rings (SSSR count). The number of nitrogens with zero attached hydrogens (tertiary/aromatic N) is 5.